The zero-order valence-corrected chi connectivity index (χ0v) is 18.2. The second-order valence-corrected chi connectivity index (χ2v) is 8.88. The maximum atomic E-state index is 12.3. The van der Waals surface area contributed by atoms with Crippen molar-refractivity contribution in [3.63, 3.8) is 0 Å². The van der Waals surface area contributed by atoms with Crippen molar-refractivity contribution >= 4 is 29.1 Å². The van der Waals surface area contributed by atoms with Crippen molar-refractivity contribution in [3.8, 4) is 0 Å². The number of hydrogen-bond donors (Lipinski definition) is 1. The molecule has 0 bridgehead atoms. The number of nitrogens with zero attached hydrogens (tertiary/aromatic N) is 2. The van der Waals surface area contributed by atoms with Gasteiger partial charge in [-0.15, -0.1) is 5.10 Å². The standard InChI is InChI=1S/C24H29N3OS/c1-4-5-6-18-7-9-19(10-8-18)15-22-23(28)26-24(29-22)27-25-16-20-11-13-21(14-12-20)17(2)3/h7-14,16-17,22H,4-6,15H2,1-3H3,(H,26,27,28)/b25-16+. The molecule has 1 unspecified atom stereocenters. The Bertz CT molecular complexity index is 870. The number of benzene rings is 2. The quantitative estimate of drug-likeness (QED) is 0.476. The molecule has 1 amide bonds. The van der Waals surface area contributed by atoms with E-state index in [0.29, 0.717) is 17.5 Å². The van der Waals surface area contributed by atoms with Crippen LogP contribution in [0.15, 0.2) is 58.7 Å². The van der Waals surface area contributed by atoms with Crippen LogP contribution in [0.1, 0.15) is 61.8 Å². The molecule has 5 heteroatoms. The van der Waals surface area contributed by atoms with Crippen molar-refractivity contribution in [2.45, 2.75) is 57.6 Å². The number of nitrogens with one attached hydrogen (secondary N) is 1. The second kappa shape index (κ2) is 10.4. The molecule has 29 heavy (non-hydrogen) atoms. The first kappa shape index (κ1) is 21.3. The van der Waals surface area contributed by atoms with Crippen LogP contribution in [0, 0.1) is 0 Å². The van der Waals surface area contributed by atoms with Gasteiger partial charge in [0.15, 0.2) is 5.17 Å². The van der Waals surface area contributed by atoms with Crippen molar-refractivity contribution in [1.29, 1.82) is 0 Å². The Morgan fingerprint density at radius 1 is 1.07 bits per heavy atom. The van der Waals surface area contributed by atoms with Gasteiger partial charge in [-0.1, -0.05) is 87.5 Å². The van der Waals surface area contributed by atoms with Gasteiger partial charge in [-0.3, -0.25) is 4.79 Å². The van der Waals surface area contributed by atoms with E-state index < -0.39 is 0 Å². The predicted octanol–water partition coefficient (Wildman–Crippen LogP) is 5.32. The summed E-state index contributed by atoms with van der Waals surface area (Å²) in [5, 5.41) is 11.6. The minimum absolute atomic E-state index is 0.000274. The molecule has 0 radical (unpaired) electrons. The number of amidine groups is 1. The van der Waals surface area contributed by atoms with E-state index >= 15 is 0 Å². The van der Waals surface area contributed by atoms with E-state index in [0.717, 1.165) is 12.0 Å². The van der Waals surface area contributed by atoms with E-state index in [4.69, 9.17) is 0 Å². The topological polar surface area (TPSA) is 53.8 Å². The maximum absolute atomic E-state index is 12.3. The smallest absolute Gasteiger partial charge is 0.239 e. The number of rotatable bonds is 8. The first-order valence-electron chi connectivity index (χ1n) is 10.3. The van der Waals surface area contributed by atoms with Gasteiger partial charge in [-0.05, 0) is 47.4 Å². The zero-order valence-electron chi connectivity index (χ0n) is 17.4. The van der Waals surface area contributed by atoms with Gasteiger partial charge >= 0.3 is 0 Å². The Balaban J connectivity index is 1.55. The summed E-state index contributed by atoms with van der Waals surface area (Å²) < 4.78 is 0. The van der Waals surface area contributed by atoms with Gasteiger partial charge in [0, 0.05) is 0 Å². The highest BCUT2D eigenvalue weighted by Crippen LogP contribution is 2.24. The average molecular weight is 408 g/mol. The van der Waals surface area contributed by atoms with E-state index in [1.54, 1.807) is 6.21 Å². The number of amides is 1. The molecule has 2 aromatic carbocycles. The minimum Gasteiger partial charge on any atom is -0.303 e. The molecule has 0 aliphatic carbocycles. The van der Waals surface area contributed by atoms with Crippen LogP contribution in [0.4, 0.5) is 0 Å². The maximum Gasteiger partial charge on any atom is 0.239 e. The van der Waals surface area contributed by atoms with Gasteiger partial charge in [-0.2, -0.15) is 5.10 Å². The molecule has 1 fully saturated rings. The molecule has 1 atom stereocenters. The Hall–Kier alpha value is -2.40. The number of unbranched alkanes of at least 4 members (excludes halogenated alkanes) is 1. The third-order valence-electron chi connectivity index (χ3n) is 5.00. The molecule has 1 heterocycles. The molecule has 1 aliphatic rings. The fourth-order valence-electron chi connectivity index (χ4n) is 3.14. The van der Waals surface area contributed by atoms with Crippen LogP contribution in [-0.4, -0.2) is 22.5 Å². The molecule has 1 N–H and O–H groups in total. The van der Waals surface area contributed by atoms with Crippen LogP contribution in [0.2, 0.25) is 0 Å². The van der Waals surface area contributed by atoms with Gasteiger partial charge in [0.05, 0.1) is 11.5 Å². The lowest BCUT2D eigenvalue weighted by molar-refractivity contribution is -0.118. The Morgan fingerprint density at radius 3 is 2.41 bits per heavy atom. The molecule has 3 rings (SSSR count). The summed E-state index contributed by atoms with van der Waals surface area (Å²) >= 11 is 1.45. The van der Waals surface area contributed by atoms with E-state index in [2.05, 4.69) is 72.7 Å². The van der Waals surface area contributed by atoms with Gasteiger partial charge in [0.25, 0.3) is 0 Å². The van der Waals surface area contributed by atoms with Crippen LogP contribution in [-0.2, 0) is 17.6 Å². The Kier molecular flexibility index (Phi) is 7.64. The molecule has 4 nitrogen and oxygen atoms in total. The Labute approximate surface area is 177 Å². The highest BCUT2D eigenvalue weighted by molar-refractivity contribution is 8.15. The molecule has 152 valence electrons. The summed E-state index contributed by atoms with van der Waals surface area (Å²) in [5.41, 5.74) is 4.83. The third-order valence-corrected chi connectivity index (χ3v) is 6.07. The number of thioether (sulfide) groups is 1. The zero-order chi connectivity index (χ0) is 20.6. The highest BCUT2D eigenvalue weighted by Gasteiger charge is 2.30. The first-order valence-corrected chi connectivity index (χ1v) is 11.2. The molecule has 0 saturated carbocycles. The lowest BCUT2D eigenvalue weighted by Gasteiger charge is -2.06. The van der Waals surface area contributed by atoms with Crippen molar-refractivity contribution in [2.75, 3.05) is 0 Å². The number of aryl methyl sites for hydroxylation is 1. The van der Waals surface area contributed by atoms with E-state index in [-0.39, 0.29) is 11.2 Å². The summed E-state index contributed by atoms with van der Waals surface area (Å²) in [5.74, 6) is 0.510. The van der Waals surface area contributed by atoms with E-state index in [1.807, 2.05) is 12.1 Å². The molecule has 2 aromatic rings. The van der Waals surface area contributed by atoms with Crippen molar-refractivity contribution in [3.05, 3.63) is 70.8 Å². The monoisotopic (exact) mass is 407 g/mol. The fraction of sp³-hybridized carbons (Fsp3) is 0.375. The van der Waals surface area contributed by atoms with Crippen LogP contribution in [0.5, 0.6) is 0 Å². The summed E-state index contributed by atoms with van der Waals surface area (Å²) in [6.45, 7) is 6.55. The van der Waals surface area contributed by atoms with Gasteiger partial charge in [0.2, 0.25) is 5.91 Å². The largest absolute Gasteiger partial charge is 0.303 e. The van der Waals surface area contributed by atoms with E-state index in [9.17, 15) is 4.79 Å². The summed E-state index contributed by atoms with van der Waals surface area (Å²) in [6.07, 6.45) is 5.94. The van der Waals surface area contributed by atoms with Gasteiger partial charge < -0.3 is 5.32 Å². The van der Waals surface area contributed by atoms with Crippen LogP contribution in [0.25, 0.3) is 0 Å². The molecular weight excluding hydrogens is 378 g/mol. The summed E-state index contributed by atoms with van der Waals surface area (Å²) in [6, 6.07) is 16.9. The normalized spacial score (nSPS) is 18.1. The molecular formula is C24H29N3OS. The van der Waals surface area contributed by atoms with Crippen molar-refractivity contribution in [1.82, 2.24) is 5.32 Å². The second-order valence-electron chi connectivity index (χ2n) is 7.69. The van der Waals surface area contributed by atoms with Crippen molar-refractivity contribution < 1.29 is 4.79 Å². The van der Waals surface area contributed by atoms with E-state index in [1.165, 1.54) is 41.3 Å². The Morgan fingerprint density at radius 2 is 1.76 bits per heavy atom. The lowest BCUT2D eigenvalue weighted by Crippen LogP contribution is -2.25. The highest BCUT2D eigenvalue weighted by atomic mass is 32.2. The summed E-state index contributed by atoms with van der Waals surface area (Å²) in [4.78, 5) is 12.3. The van der Waals surface area contributed by atoms with Crippen molar-refractivity contribution in [2.24, 2.45) is 10.2 Å². The van der Waals surface area contributed by atoms with Crippen LogP contribution < -0.4 is 5.32 Å². The van der Waals surface area contributed by atoms with Gasteiger partial charge in [-0.25, -0.2) is 0 Å². The van der Waals surface area contributed by atoms with Gasteiger partial charge in [0.1, 0.15) is 0 Å². The number of carbonyl (C=O) groups is 1. The fourth-order valence-corrected chi connectivity index (χ4v) is 4.10. The number of carbonyl (C=O) groups excluding carboxylic acids is 1. The SMILES string of the molecule is CCCCc1ccc(CC2S/C(=N/N=C/c3ccc(C(C)C)cc3)NC2=O)cc1. The first-order chi connectivity index (χ1) is 14.0. The van der Waals surface area contributed by atoms with Crippen LogP contribution in [0.3, 0.4) is 0 Å². The molecule has 1 saturated heterocycles. The number of hydrogen-bond acceptors (Lipinski definition) is 4. The average Bonchev–Trinajstić information content (AvgIpc) is 3.07. The molecule has 1 aliphatic heterocycles. The van der Waals surface area contributed by atoms with Crippen LogP contribution >= 0.6 is 11.8 Å². The summed E-state index contributed by atoms with van der Waals surface area (Å²) in [7, 11) is 0. The predicted molar refractivity (Wildman–Crippen MR) is 124 cm³/mol. The molecule has 0 spiro atoms. The molecule has 0 aromatic heterocycles. The minimum atomic E-state index is -0.157. The third kappa shape index (κ3) is 6.29. The lowest BCUT2D eigenvalue weighted by atomic mass is 10.0.